The molecule has 27 heavy (non-hydrogen) atoms. The molecule has 3 aromatic rings. The molecule has 1 aliphatic rings. The van der Waals surface area contributed by atoms with Gasteiger partial charge >= 0.3 is 0 Å². The van der Waals surface area contributed by atoms with Crippen LogP contribution in [0.2, 0.25) is 0 Å². The van der Waals surface area contributed by atoms with Gasteiger partial charge in [-0.15, -0.1) is 0 Å². The molecule has 0 N–H and O–H groups in total. The van der Waals surface area contributed by atoms with E-state index in [1.54, 1.807) is 13.5 Å². The van der Waals surface area contributed by atoms with Crippen LogP contribution in [0.25, 0.3) is 10.9 Å². The number of anilines is 1. The van der Waals surface area contributed by atoms with Gasteiger partial charge in [0.1, 0.15) is 12.1 Å². The van der Waals surface area contributed by atoms with Crippen molar-refractivity contribution in [3.8, 4) is 5.88 Å². The molecular weight excluding hydrogens is 342 g/mol. The van der Waals surface area contributed by atoms with Gasteiger partial charge in [-0.1, -0.05) is 13.8 Å². The molecule has 2 aromatic heterocycles. The first-order valence-corrected chi connectivity index (χ1v) is 9.34. The highest BCUT2D eigenvalue weighted by molar-refractivity contribution is 5.86. The van der Waals surface area contributed by atoms with E-state index in [-0.39, 0.29) is 0 Å². The van der Waals surface area contributed by atoms with Crippen LogP contribution in [-0.4, -0.2) is 53.1 Å². The molecule has 4 rings (SSSR count). The summed E-state index contributed by atoms with van der Waals surface area (Å²) in [5.74, 6) is 1.98. The van der Waals surface area contributed by atoms with Crippen LogP contribution in [-0.2, 0) is 6.54 Å². The molecule has 0 aliphatic carbocycles. The number of methoxy groups -OCH3 is 1. The monoisotopic (exact) mass is 367 g/mol. The van der Waals surface area contributed by atoms with Crippen LogP contribution in [0.5, 0.6) is 5.88 Å². The Hall–Kier alpha value is -2.67. The highest BCUT2D eigenvalue weighted by atomic mass is 16.5. The van der Waals surface area contributed by atoms with E-state index in [0.29, 0.717) is 11.8 Å². The molecule has 7 heteroatoms. The summed E-state index contributed by atoms with van der Waals surface area (Å²) in [7, 11) is 1.64. The molecule has 0 unspecified atom stereocenters. The third kappa shape index (κ3) is 3.60. The summed E-state index contributed by atoms with van der Waals surface area (Å²) in [5, 5.41) is 0.948. The van der Waals surface area contributed by atoms with Crippen molar-refractivity contribution in [2.75, 3.05) is 38.2 Å². The molecular formula is C20H25N5O2. The van der Waals surface area contributed by atoms with E-state index < -0.39 is 0 Å². The molecule has 0 bridgehead atoms. The predicted molar refractivity (Wildman–Crippen MR) is 104 cm³/mol. The van der Waals surface area contributed by atoms with Crippen molar-refractivity contribution in [2.45, 2.75) is 26.3 Å². The maximum Gasteiger partial charge on any atom is 0.224 e. The topological polar surface area (TPSA) is 67.5 Å². The Balaban J connectivity index is 1.45. The predicted octanol–water partition coefficient (Wildman–Crippen LogP) is 3.07. The Morgan fingerprint density at radius 1 is 1.11 bits per heavy atom. The number of nitrogens with zero attached hydrogens (tertiary/aromatic N) is 5. The molecule has 0 atom stereocenters. The Kier molecular flexibility index (Phi) is 4.94. The molecule has 1 aromatic carbocycles. The summed E-state index contributed by atoms with van der Waals surface area (Å²) < 4.78 is 10.9. The fraction of sp³-hybridized carbons (Fsp3) is 0.450. The largest absolute Gasteiger partial charge is 0.480 e. The minimum Gasteiger partial charge on any atom is -0.480 e. The second-order valence-electron chi connectivity index (χ2n) is 7.17. The molecule has 0 spiro atoms. The Morgan fingerprint density at radius 3 is 2.67 bits per heavy atom. The quantitative estimate of drug-likeness (QED) is 0.686. The molecule has 0 radical (unpaired) electrons. The van der Waals surface area contributed by atoms with Crippen LogP contribution >= 0.6 is 0 Å². The highest BCUT2D eigenvalue weighted by Crippen LogP contribution is 2.27. The number of hydrogen-bond acceptors (Lipinski definition) is 7. The lowest BCUT2D eigenvalue weighted by Crippen LogP contribution is -2.46. The van der Waals surface area contributed by atoms with Crippen LogP contribution in [0.15, 0.2) is 35.3 Å². The van der Waals surface area contributed by atoms with Crippen LogP contribution in [0.4, 0.5) is 5.69 Å². The summed E-state index contributed by atoms with van der Waals surface area (Å²) in [5.41, 5.74) is 3.14. The summed E-state index contributed by atoms with van der Waals surface area (Å²) in [4.78, 5) is 17.8. The summed E-state index contributed by atoms with van der Waals surface area (Å²) in [6, 6.07) is 6.28. The van der Waals surface area contributed by atoms with E-state index >= 15 is 0 Å². The van der Waals surface area contributed by atoms with Gasteiger partial charge in [0, 0.05) is 44.3 Å². The SMILES string of the molecule is COc1ncnc2ccc(N3CCN(Cc4ncoc4C(C)C)CC3)cc12. The van der Waals surface area contributed by atoms with Crippen molar-refractivity contribution in [1.82, 2.24) is 19.9 Å². The molecule has 1 aliphatic heterocycles. The molecule has 3 heterocycles. The number of rotatable bonds is 5. The smallest absolute Gasteiger partial charge is 0.224 e. The van der Waals surface area contributed by atoms with Crippen molar-refractivity contribution in [2.24, 2.45) is 0 Å². The lowest BCUT2D eigenvalue weighted by molar-refractivity contribution is 0.245. The summed E-state index contributed by atoms with van der Waals surface area (Å²) >= 11 is 0. The first-order chi connectivity index (χ1) is 13.2. The Labute approximate surface area is 159 Å². The zero-order chi connectivity index (χ0) is 18.8. The average Bonchev–Trinajstić information content (AvgIpc) is 3.16. The second kappa shape index (κ2) is 7.52. The normalized spacial score (nSPS) is 15.6. The van der Waals surface area contributed by atoms with Gasteiger partial charge < -0.3 is 14.1 Å². The van der Waals surface area contributed by atoms with Gasteiger partial charge in [0.2, 0.25) is 5.88 Å². The number of oxazole rings is 1. The lowest BCUT2D eigenvalue weighted by Gasteiger charge is -2.36. The van der Waals surface area contributed by atoms with Gasteiger partial charge in [-0.3, -0.25) is 4.90 Å². The van der Waals surface area contributed by atoms with E-state index in [0.717, 1.165) is 55.1 Å². The average molecular weight is 367 g/mol. The molecule has 0 amide bonds. The number of fused-ring (bicyclic) bond motifs is 1. The standard InChI is InChI=1S/C20H25N5O2/c1-14(2)19-18(23-13-27-19)11-24-6-8-25(9-7-24)15-4-5-17-16(10-15)20(26-3)22-12-21-17/h4-5,10,12-14H,6-9,11H2,1-3H3. The zero-order valence-corrected chi connectivity index (χ0v) is 16.1. The Morgan fingerprint density at radius 2 is 1.93 bits per heavy atom. The number of ether oxygens (including phenoxy) is 1. The summed E-state index contributed by atoms with van der Waals surface area (Å²) in [6.07, 6.45) is 3.10. The third-order valence-corrected chi connectivity index (χ3v) is 5.08. The molecule has 0 saturated carbocycles. The molecule has 142 valence electrons. The van der Waals surface area contributed by atoms with E-state index in [1.165, 1.54) is 12.0 Å². The number of aromatic nitrogens is 3. The van der Waals surface area contributed by atoms with Gasteiger partial charge in [-0.2, -0.15) is 0 Å². The first kappa shape index (κ1) is 17.7. The van der Waals surface area contributed by atoms with Crippen LogP contribution < -0.4 is 9.64 Å². The van der Waals surface area contributed by atoms with Crippen molar-refractivity contribution >= 4 is 16.6 Å². The minimum absolute atomic E-state index is 0.360. The van der Waals surface area contributed by atoms with Crippen molar-refractivity contribution in [3.63, 3.8) is 0 Å². The van der Waals surface area contributed by atoms with E-state index in [1.807, 2.05) is 6.07 Å². The van der Waals surface area contributed by atoms with Gasteiger partial charge in [-0.25, -0.2) is 15.0 Å². The number of hydrogen-bond donors (Lipinski definition) is 0. The van der Waals surface area contributed by atoms with Crippen LogP contribution in [0, 0.1) is 0 Å². The van der Waals surface area contributed by atoms with Gasteiger partial charge in [0.05, 0.1) is 23.7 Å². The molecule has 1 saturated heterocycles. The third-order valence-electron chi connectivity index (χ3n) is 5.08. The Bertz CT molecular complexity index is 916. The second-order valence-corrected chi connectivity index (χ2v) is 7.17. The fourth-order valence-electron chi connectivity index (χ4n) is 3.62. The lowest BCUT2D eigenvalue weighted by atomic mass is 10.1. The van der Waals surface area contributed by atoms with Gasteiger partial charge in [-0.05, 0) is 18.2 Å². The van der Waals surface area contributed by atoms with Crippen molar-refractivity contribution in [3.05, 3.63) is 42.4 Å². The number of piperazine rings is 1. The van der Waals surface area contributed by atoms with E-state index in [4.69, 9.17) is 9.15 Å². The zero-order valence-electron chi connectivity index (χ0n) is 16.1. The fourth-order valence-corrected chi connectivity index (χ4v) is 3.62. The first-order valence-electron chi connectivity index (χ1n) is 9.34. The minimum atomic E-state index is 0.360. The summed E-state index contributed by atoms with van der Waals surface area (Å²) in [6.45, 7) is 9.04. The van der Waals surface area contributed by atoms with E-state index in [2.05, 4.69) is 50.7 Å². The van der Waals surface area contributed by atoms with Crippen molar-refractivity contribution in [1.29, 1.82) is 0 Å². The van der Waals surface area contributed by atoms with Crippen LogP contribution in [0.3, 0.4) is 0 Å². The molecule has 7 nitrogen and oxygen atoms in total. The maximum absolute atomic E-state index is 5.55. The van der Waals surface area contributed by atoms with Crippen LogP contribution in [0.1, 0.15) is 31.2 Å². The number of benzene rings is 1. The highest BCUT2D eigenvalue weighted by Gasteiger charge is 2.21. The maximum atomic E-state index is 5.55. The van der Waals surface area contributed by atoms with Crippen molar-refractivity contribution < 1.29 is 9.15 Å². The van der Waals surface area contributed by atoms with Gasteiger partial charge in [0.25, 0.3) is 0 Å². The van der Waals surface area contributed by atoms with Gasteiger partial charge in [0.15, 0.2) is 6.39 Å². The van der Waals surface area contributed by atoms with E-state index in [9.17, 15) is 0 Å². The molecule has 1 fully saturated rings.